The number of hydrogen-bond donors (Lipinski definition) is 1. The van der Waals surface area contributed by atoms with Gasteiger partial charge in [-0.25, -0.2) is 4.39 Å². The predicted molar refractivity (Wildman–Crippen MR) is 68.0 cm³/mol. The SMILES string of the molecule is COCCn1c(CO)nnc1-c1cccc(C)c1F. The van der Waals surface area contributed by atoms with Gasteiger partial charge in [0.2, 0.25) is 0 Å². The molecule has 0 saturated heterocycles. The van der Waals surface area contributed by atoms with Crippen LogP contribution in [0.1, 0.15) is 11.4 Å². The molecule has 0 aliphatic carbocycles. The number of aliphatic hydroxyl groups excluding tert-OH is 1. The molecule has 0 radical (unpaired) electrons. The fourth-order valence-electron chi connectivity index (χ4n) is 1.89. The van der Waals surface area contributed by atoms with Crippen LogP contribution in [0.4, 0.5) is 4.39 Å². The van der Waals surface area contributed by atoms with Gasteiger partial charge in [0.05, 0.1) is 12.2 Å². The van der Waals surface area contributed by atoms with Crippen LogP contribution >= 0.6 is 0 Å². The van der Waals surface area contributed by atoms with Gasteiger partial charge in [0.25, 0.3) is 0 Å². The molecule has 1 heterocycles. The van der Waals surface area contributed by atoms with Gasteiger partial charge in [-0.2, -0.15) is 0 Å². The van der Waals surface area contributed by atoms with E-state index in [0.717, 1.165) is 0 Å². The van der Waals surface area contributed by atoms with Crippen LogP contribution in [0.3, 0.4) is 0 Å². The molecule has 0 spiro atoms. The molecule has 0 saturated carbocycles. The van der Waals surface area contributed by atoms with E-state index in [0.29, 0.717) is 35.9 Å². The summed E-state index contributed by atoms with van der Waals surface area (Å²) in [6.45, 7) is 2.35. The number of aliphatic hydroxyl groups is 1. The van der Waals surface area contributed by atoms with Crippen molar-refractivity contribution < 1.29 is 14.2 Å². The van der Waals surface area contributed by atoms with Crippen molar-refractivity contribution >= 4 is 0 Å². The van der Waals surface area contributed by atoms with E-state index in [1.54, 1.807) is 36.8 Å². The molecular weight excluding hydrogens is 249 g/mol. The topological polar surface area (TPSA) is 60.2 Å². The number of methoxy groups -OCH3 is 1. The zero-order valence-electron chi connectivity index (χ0n) is 10.9. The van der Waals surface area contributed by atoms with E-state index in [2.05, 4.69) is 10.2 Å². The maximum absolute atomic E-state index is 14.1. The maximum atomic E-state index is 14.1. The van der Waals surface area contributed by atoms with E-state index < -0.39 is 0 Å². The Balaban J connectivity index is 2.49. The Morgan fingerprint density at radius 2 is 2.16 bits per heavy atom. The highest BCUT2D eigenvalue weighted by Gasteiger charge is 2.17. The average molecular weight is 265 g/mol. The van der Waals surface area contributed by atoms with Gasteiger partial charge in [0.1, 0.15) is 12.4 Å². The highest BCUT2D eigenvalue weighted by Crippen LogP contribution is 2.23. The fraction of sp³-hybridized carbons (Fsp3) is 0.385. The molecule has 2 aromatic rings. The monoisotopic (exact) mass is 265 g/mol. The third-order valence-corrected chi connectivity index (χ3v) is 2.92. The van der Waals surface area contributed by atoms with Crippen molar-refractivity contribution in [2.24, 2.45) is 0 Å². The Bertz CT molecular complexity index is 569. The number of ether oxygens (including phenoxy) is 1. The van der Waals surface area contributed by atoms with Gasteiger partial charge in [-0.1, -0.05) is 12.1 Å². The molecule has 1 aromatic heterocycles. The lowest BCUT2D eigenvalue weighted by molar-refractivity contribution is 0.183. The molecule has 5 nitrogen and oxygen atoms in total. The molecule has 102 valence electrons. The standard InChI is InChI=1S/C13H16FN3O2/c1-9-4-3-5-10(12(9)14)13-16-15-11(8-18)17(13)6-7-19-2/h3-5,18H,6-8H2,1-2H3. The highest BCUT2D eigenvalue weighted by molar-refractivity contribution is 5.57. The summed E-state index contributed by atoms with van der Waals surface area (Å²) >= 11 is 0. The van der Waals surface area contributed by atoms with Gasteiger partial charge in [0.15, 0.2) is 11.6 Å². The quantitative estimate of drug-likeness (QED) is 0.890. The molecule has 1 N–H and O–H groups in total. The predicted octanol–water partition coefficient (Wildman–Crippen LogP) is 1.53. The summed E-state index contributed by atoms with van der Waals surface area (Å²) in [6.07, 6.45) is 0. The Labute approximate surface area is 110 Å². The van der Waals surface area contributed by atoms with Crippen LogP contribution in [0.5, 0.6) is 0 Å². The second-order valence-corrected chi connectivity index (χ2v) is 4.18. The molecule has 0 aliphatic rings. The van der Waals surface area contributed by atoms with Gasteiger partial charge in [-0.15, -0.1) is 10.2 Å². The zero-order chi connectivity index (χ0) is 13.8. The third kappa shape index (κ3) is 2.64. The van der Waals surface area contributed by atoms with E-state index in [-0.39, 0.29) is 12.4 Å². The molecule has 2 rings (SSSR count). The Morgan fingerprint density at radius 3 is 2.84 bits per heavy atom. The van der Waals surface area contributed by atoms with E-state index in [1.165, 1.54) is 0 Å². The number of rotatable bonds is 5. The van der Waals surface area contributed by atoms with E-state index in [4.69, 9.17) is 4.74 Å². The first kappa shape index (κ1) is 13.6. The maximum Gasteiger partial charge on any atom is 0.167 e. The van der Waals surface area contributed by atoms with Crippen molar-refractivity contribution in [1.82, 2.24) is 14.8 Å². The lowest BCUT2D eigenvalue weighted by Gasteiger charge is -2.10. The first-order valence-corrected chi connectivity index (χ1v) is 5.96. The molecule has 0 aliphatic heterocycles. The van der Waals surface area contributed by atoms with Gasteiger partial charge in [-0.3, -0.25) is 0 Å². The van der Waals surface area contributed by atoms with Crippen molar-refractivity contribution in [3.8, 4) is 11.4 Å². The van der Waals surface area contributed by atoms with Gasteiger partial charge in [-0.05, 0) is 18.6 Å². The van der Waals surface area contributed by atoms with Crippen LogP contribution < -0.4 is 0 Å². The lowest BCUT2D eigenvalue weighted by atomic mass is 10.1. The molecule has 19 heavy (non-hydrogen) atoms. The van der Waals surface area contributed by atoms with Crippen LogP contribution in [0.2, 0.25) is 0 Å². The highest BCUT2D eigenvalue weighted by atomic mass is 19.1. The molecule has 0 amide bonds. The van der Waals surface area contributed by atoms with Crippen LogP contribution in [0, 0.1) is 12.7 Å². The lowest BCUT2D eigenvalue weighted by Crippen LogP contribution is -2.10. The molecule has 1 aromatic carbocycles. The van der Waals surface area contributed by atoms with E-state index in [1.807, 2.05) is 0 Å². The summed E-state index contributed by atoms with van der Waals surface area (Å²) < 4.78 is 20.8. The van der Waals surface area contributed by atoms with Crippen molar-refractivity contribution in [2.75, 3.05) is 13.7 Å². The number of aryl methyl sites for hydroxylation is 1. The summed E-state index contributed by atoms with van der Waals surface area (Å²) in [6, 6.07) is 5.11. The minimum Gasteiger partial charge on any atom is -0.388 e. The van der Waals surface area contributed by atoms with Crippen molar-refractivity contribution in [3.63, 3.8) is 0 Å². The molecular formula is C13H16FN3O2. The second kappa shape index (κ2) is 5.90. The van der Waals surface area contributed by atoms with E-state index in [9.17, 15) is 9.50 Å². The van der Waals surface area contributed by atoms with Crippen LogP contribution in [0.25, 0.3) is 11.4 Å². The first-order chi connectivity index (χ1) is 9.19. The smallest absolute Gasteiger partial charge is 0.167 e. The molecule has 0 bridgehead atoms. The van der Waals surface area contributed by atoms with E-state index >= 15 is 0 Å². The van der Waals surface area contributed by atoms with Crippen molar-refractivity contribution in [1.29, 1.82) is 0 Å². The Kier molecular flexibility index (Phi) is 4.24. The van der Waals surface area contributed by atoms with Gasteiger partial charge >= 0.3 is 0 Å². The number of nitrogens with zero attached hydrogens (tertiary/aromatic N) is 3. The molecule has 0 unspecified atom stereocenters. The van der Waals surface area contributed by atoms with Crippen LogP contribution in [-0.4, -0.2) is 33.6 Å². The second-order valence-electron chi connectivity index (χ2n) is 4.18. The Hall–Kier alpha value is -1.79. The minimum atomic E-state index is -0.321. The summed E-state index contributed by atoms with van der Waals surface area (Å²) in [5.74, 6) is 0.480. The van der Waals surface area contributed by atoms with Gasteiger partial charge < -0.3 is 14.4 Å². The fourth-order valence-corrected chi connectivity index (χ4v) is 1.89. The van der Waals surface area contributed by atoms with Gasteiger partial charge in [0, 0.05) is 13.7 Å². The van der Waals surface area contributed by atoms with Crippen molar-refractivity contribution in [2.45, 2.75) is 20.1 Å². The summed E-state index contributed by atoms with van der Waals surface area (Å²) in [7, 11) is 1.58. The van der Waals surface area contributed by atoms with Crippen molar-refractivity contribution in [3.05, 3.63) is 35.4 Å². The Morgan fingerprint density at radius 1 is 1.37 bits per heavy atom. The largest absolute Gasteiger partial charge is 0.388 e. The number of halogens is 1. The normalized spacial score (nSPS) is 10.9. The van der Waals surface area contributed by atoms with Crippen LogP contribution in [-0.2, 0) is 17.9 Å². The van der Waals surface area contributed by atoms with Crippen LogP contribution in [0.15, 0.2) is 18.2 Å². The molecule has 0 atom stereocenters. The summed E-state index contributed by atoms with van der Waals surface area (Å²) in [5, 5.41) is 17.1. The molecule has 6 heteroatoms. The third-order valence-electron chi connectivity index (χ3n) is 2.92. The molecule has 0 fully saturated rings. The summed E-state index contributed by atoms with van der Waals surface area (Å²) in [4.78, 5) is 0. The zero-order valence-corrected chi connectivity index (χ0v) is 10.9. The number of benzene rings is 1. The minimum absolute atomic E-state index is 0.246. The number of aromatic nitrogens is 3. The summed E-state index contributed by atoms with van der Waals surface area (Å²) in [5.41, 5.74) is 0.924. The first-order valence-electron chi connectivity index (χ1n) is 5.96. The number of hydrogen-bond acceptors (Lipinski definition) is 4. The average Bonchev–Trinajstić information content (AvgIpc) is 2.82.